The van der Waals surface area contributed by atoms with Gasteiger partial charge >= 0.3 is 5.69 Å². The van der Waals surface area contributed by atoms with Crippen LogP contribution in [0.4, 0.5) is 0 Å². The molecule has 2 aromatic heterocycles. The molecule has 4 aromatic rings. The number of rotatable bonds is 7. The van der Waals surface area contributed by atoms with Gasteiger partial charge in [-0.2, -0.15) is 0 Å². The summed E-state index contributed by atoms with van der Waals surface area (Å²) < 4.78 is 9.42. The van der Waals surface area contributed by atoms with Crippen molar-refractivity contribution in [3.05, 3.63) is 52.9 Å². The van der Waals surface area contributed by atoms with Crippen LogP contribution < -0.4 is 10.4 Å². The van der Waals surface area contributed by atoms with E-state index >= 15 is 0 Å². The van der Waals surface area contributed by atoms with Crippen LogP contribution in [0.3, 0.4) is 0 Å². The lowest BCUT2D eigenvalue weighted by Crippen LogP contribution is -2.29. The third-order valence-electron chi connectivity index (χ3n) is 6.41. The van der Waals surface area contributed by atoms with Crippen LogP contribution in [0.2, 0.25) is 0 Å². The minimum absolute atomic E-state index is 0.00679. The van der Waals surface area contributed by atoms with Crippen molar-refractivity contribution in [2.24, 2.45) is 7.05 Å². The Hall–Kier alpha value is -3.19. The zero-order chi connectivity index (χ0) is 22.2. The molecule has 0 radical (unpaired) electrons. The number of nitrogens with zero attached hydrogens (tertiary/aromatic N) is 5. The van der Waals surface area contributed by atoms with Crippen LogP contribution in [-0.2, 0) is 7.05 Å². The van der Waals surface area contributed by atoms with Gasteiger partial charge in [0.05, 0.1) is 12.1 Å². The van der Waals surface area contributed by atoms with Gasteiger partial charge in [0.1, 0.15) is 11.3 Å². The van der Waals surface area contributed by atoms with Crippen molar-refractivity contribution < 1.29 is 4.74 Å². The fourth-order valence-corrected chi connectivity index (χ4v) is 4.37. The zero-order valence-corrected chi connectivity index (χ0v) is 18.9. The third-order valence-corrected chi connectivity index (χ3v) is 6.41. The van der Waals surface area contributed by atoms with Gasteiger partial charge in [0.25, 0.3) is 0 Å². The molecule has 0 atom stereocenters. The summed E-state index contributed by atoms with van der Waals surface area (Å²) >= 11 is 0. The third kappa shape index (κ3) is 3.66. The topological polar surface area (TPSA) is 65.2 Å². The van der Waals surface area contributed by atoms with Crippen LogP contribution >= 0.6 is 0 Å². The quantitative estimate of drug-likeness (QED) is 0.414. The maximum Gasteiger partial charge on any atom is 0.330 e. The maximum atomic E-state index is 12.9. The Morgan fingerprint density at radius 3 is 2.50 bits per heavy atom. The molecular formula is C25H29N5O2. The SMILES string of the molecule is CN(C)CCCOc1ccc(-c2ccc3nnc4c(c3c2)n(C2CCC2)c(=O)n4C)cc1. The Morgan fingerprint density at radius 1 is 1.06 bits per heavy atom. The van der Waals surface area contributed by atoms with Crippen molar-refractivity contribution in [1.29, 1.82) is 0 Å². The van der Waals surface area contributed by atoms with Gasteiger partial charge in [0.15, 0.2) is 5.65 Å². The lowest BCUT2D eigenvalue weighted by atomic mass is 9.92. The maximum absolute atomic E-state index is 12.9. The first-order valence-corrected chi connectivity index (χ1v) is 11.3. The van der Waals surface area contributed by atoms with Crippen LogP contribution in [0, 0.1) is 0 Å². The number of hydrogen-bond donors (Lipinski definition) is 0. The van der Waals surface area contributed by atoms with E-state index in [2.05, 4.69) is 53.5 Å². The zero-order valence-electron chi connectivity index (χ0n) is 18.9. The number of hydrogen-bond acceptors (Lipinski definition) is 5. The highest BCUT2D eigenvalue weighted by atomic mass is 16.5. The second-order valence-electron chi connectivity index (χ2n) is 8.93. The van der Waals surface area contributed by atoms with Gasteiger partial charge in [-0.3, -0.25) is 9.13 Å². The highest BCUT2D eigenvalue weighted by Gasteiger charge is 2.26. The smallest absolute Gasteiger partial charge is 0.330 e. The molecule has 0 N–H and O–H groups in total. The summed E-state index contributed by atoms with van der Waals surface area (Å²) in [6, 6.07) is 14.6. The van der Waals surface area contributed by atoms with Crippen LogP contribution in [0.5, 0.6) is 5.75 Å². The fraction of sp³-hybridized carbons (Fsp3) is 0.400. The average molecular weight is 432 g/mol. The molecule has 1 fully saturated rings. The van der Waals surface area contributed by atoms with E-state index in [-0.39, 0.29) is 11.7 Å². The van der Waals surface area contributed by atoms with E-state index < -0.39 is 0 Å². The molecule has 1 saturated carbocycles. The van der Waals surface area contributed by atoms with Crippen molar-refractivity contribution >= 4 is 22.1 Å². The molecule has 2 heterocycles. The number of aryl methyl sites for hydroxylation is 1. The van der Waals surface area contributed by atoms with Gasteiger partial charge in [0.2, 0.25) is 0 Å². The summed E-state index contributed by atoms with van der Waals surface area (Å²) in [5.41, 5.74) is 4.53. The van der Waals surface area contributed by atoms with Gasteiger partial charge in [-0.25, -0.2) is 4.79 Å². The van der Waals surface area contributed by atoms with Crippen molar-refractivity contribution in [1.82, 2.24) is 24.2 Å². The summed E-state index contributed by atoms with van der Waals surface area (Å²) in [5, 5.41) is 9.72. The number of ether oxygens (including phenoxy) is 1. The predicted molar refractivity (Wildman–Crippen MR) is 127 cm³/mol. The highest BCUT2D eigenvalue weighted by Crippen LogP contribution is 2.35. The van der Waals surface area contributed by atoms with Crippen LogP contribution in [0.1, 0.15) is 31.7 Å². The Balaban J connectivity index is 1.50. The lowest BCUT2D eigenvalue weighted by molar-refractivity contribution is 0.281. The molecule has 0 spiro atoms. The molecule has 1 aliphatic carbocycles. The van der Waals surface area contributed by atoms with Crippen molar-refractivity contribution in [2.45, 2.75) is 31.7 Å². The van der Waals surface area contributed by atoms with E-state index in [4.69, 9.17) is 4.74 Å². The van der Waals surface area contributed by atoms with Gasteiger partial charge in [-0.1, -0.05) is 18.2 Å². The van der Waals surface area contributed by atoms with E-state index in [1.54, 1.807) is 11.6 Å². The number of aromatic nitrogens is 4. The molecule has 5 rings (SSSR count). The monoisotopic (exact) mass is 431 g/mol. The normalized spacial score (nSPS) is 14.4. The van der Waals surface area contributed by atoms with Crippen molar-refractivity contribution in [3.63, 3.8) is 0 Å². The number of fused-ring (bicyclic) bond motifs is 3. The second-order valence-corrected chi connectivity index (χ2v) is 8.93. The first-order chi connectivity index (χ1) is 15.5. The van der Waals surface area contributed by atoms with Gasteiger partial charge in [-0.15, -0.1) is 10.2 Å². The Bertz CT molecular complexity index is 1320. The average Bonchev–Trinajstić information content (AvgIpc) is 3.01. The Labute approximate surface area is 187 Å². The highest BCUT2D eigenvalue weighted by molar-refractivity contribution is 6.02. The molecule has 0 unspecified atom stereocenters. The standard InChI is InChI=1S/C25H29N5O2/c1-28(2)14-5-15-32-20-11-8-17(9-12-20)18-10-13-22-21(16-18)23-24(27-26-22)29(3)25(31)30(23)19-6-4-7-19/h8-13,16,19H,4-7,14-15H2,1-3H3. The van der Waals surface area contributed by atoms with E-state index in [0.717, 1.165) is 59.1 Å². The summed E-state index contributed by atoms with van der Waals surface area (Å²) in [6.07, 6.45) is 4.24. The molecule has 2 aromatic carbocycles. The van der Waals surface area contributed by atoms with Gasteiger partial charge in [-0.05, 0) is 75.2 Å². The van der Waals surface area contributed by atoms with Gasteiger partial charge < -0.3 is 9.64 Å². The van der Waals surface area contributed by atoms with Gasteiger partial charge in [0, 0.05) is 25.0 Å². The summed E-state index contributed by atoms with van der Waals surface area (Å²) in [7, 11) is 5.92. The lowest BCUT2D eigenvalue weighted by Gasteiger charge is -2.26. The molecular weight excluding hydrogens is 402 g/mol. The van der Waals surface area contributed by atoms with E-state index in [1.807, 2.05) is 22.8 Å². The van der Waals surface area contributed by atoms with E-state index in [9.17, 15) is 4.79 Å². The van der Waals surface area contributed by atoms with Crippen LogP contribution in [0.15, 0.2) is 47.3 Å². The van der Waals surface area contributed by atoms with Crippen molar-refractivity contribution in [3.8, 4) is 16.9 Å². The molecule has 7 heteroatoms. The molecule has 0 saturated heterocycles. The molecule has 0 bridgehead atoms. The number of benzene rings is 2. The van der Waals surface area contributed by atoms with E-state index in [0.29, 0.717) is 12.3 Å². The molecule has 0 aliphatic heterocycles. The second kappa shape index (κ2) is 8.39. The number of imidazole rings is 1. The van der Waals surface area contributed by atoms with Crippen LogP contribution in [0.25, 0.3) is 33.2 Å². The Kier molecular flexibility index (Phi) is 5.43. The summed E-state index contributed by atoms with van der Waals surface area (Å²) in [4.78, 5) is 15.1. The predicted octanol–water partition coefficient (Wildman–Crippen LogP) is 4.01. The molecule has 166 valence electrons. The Morgan fingerprint density at radius 2 is 1.81 bits per heavy atom. The van der Waals surface area contributed by atoms with Crippen molar-refractivity contribution in [2.75, 3.05) is 27.2 Å². The molecule has 32 heavy (non-hydrogen) atoms. The van der Waals surface area contributed by atoms with E-state index in [1.165, 1.54) is 6.42 Å². The molecule has 0 amide bonds. The summed E-state index contributed by atoms with van der Waals surface area (Å²) in [5.74, 6) is 0.878. The minimum Gasteiger partial charge on any atom is -0.494 e. The first-order valence-electron chi connectivity index (χ1n) is 11.3. The fourth-order valence-electron chi connectivity index (χ4n) is 4.37. The molecule has 1 aliphatic rings. The molecule has 7 nitrogen and oxygen atoms in total. The largest absolute Gasteiger partial charge is 0.494 e. The minimum atomic E-state index is -0.00679. The first kappa shape index (κ1) is 20.7. The van der Waals surface area contributed by atoms with Crippen LogP contribution in [-0.4, -0.2) is 51.5 Å². The summed E-state index contributed by atoms with van der Waals surface area (Å²) in [6.45, 7) is 1.72.